The Morgan fingerprint density at radius 3 is 2.47 bits per heavy atom. The monoisotopic (exact) mass is 255 g/mol. The van der Waals surface area contributed by atoms with Gasteiger partial charge in [0, 0.05) is 13.1 Å². The number of hydrogen-bond acceptors (Lipinski definition) is 3. The molecule has 0 aromatic carbocycles. The van der Waals surface area contributed by atoms with Crippen molar-refractivity contribution in [1.82, 2.24) is 4.98 Å². The fourth-order valence-corrected chi connectivity index (χ4v) is 2.06. The Morgan fingerprint density at radius 1 is 1.29 bits per heavy atom. The summed E-state index contributed by atoms with van der Waals surface area (Å²) < 4.78 is 0. The Bertz CT molecular complexity index is 351. The first kappa shape index (κ1) is 14.1. The van der Waals surface area contributed by atoms with Crippen LogP contribution in [0.4, 0.5) is 11.5 Å². The van der Waals surface area contributed by atoms with Crippen molar-refractivity contribution in [1.29, 1.82) is 0 Å². The van der Waals surface area contributed by atoms with Crippen LogP contribution in [0.25, 0.3) is 0 Å². The number of nitrogens with zero attached hydrogens (tertiary/aromatic N) is 2. The van der Waals surface area contributed by atoms with Gasteiger partial charge in [0.05, 0.1) is 5.69 Å². The molecule has 0 amide bonds. The van der Waals surface area contributed by atoms with Crippen LogP contribution in [0.1, 0.15) is 33.6 Å². The first-order valence-corrected chi connectivity index (χ1v) is 6.67. The lowest BCUT2D eigenvalue weighted by molar-refractivity contribution is 0.485. The van der Waals surface area contributed by atoms with Crippen LogP contribution in [0, 0.1) is 5.92 Å². The molecule has 3 nitrogen and oxygen atoms in total. The normalized spacial score (nSPS) is 10.9. The molecule has 0 spiro atoms. The molecule has 0 aliphatic carbocycles. The zero-order valence-corrected chi connectivity index (χ0v) is 11.7. The van der Waals surface area contributed by atoms with Crippen LogP contribution in [0.3, 0.4) is 0 Å². The van der Waals surface area contributed by atoms with Gasteiger partial charge in [-0.3, -0.25) is 0 Å². The largest absolute Gasteiger partial charge is 0.396 e. The Kier molecular flexibility index (Phi) is 5.56. The average Bonchev–Trinajstić information content (AvgIpc) is 2.34. The SMILES string of the molecule is CCC(CC)CN(CC)c1nc(Cl)ccc1N. The van der Waals surface area contributed by atoms with E-state index in [0.717, 1.165) is 18.9 Å². The molecule has 0 saturated heterocycles. The summed E-state index contributed by atoms with van der Waals surface area (Å²) in [6, 6.07) is 3.55. The maximum absolute atomic E-state index is 5.96. The molecule has 2 N–H and O–H groups in total. The highest BCUT2D eigenvalue weighted by molar-refractivity contribution is 6.29. The summed E-state index contributed by atoms with van der Waals surface area (Å²) in [4.78, 5) is 6.54. The summed E-state index contributed by atoms with van der Waals surface area (Å²) in [6.45, 7) is 8.44. The quantitative estimate of drug-likeness (QED) is 0.790. The third kappa shape index (κ3) is 3.77. The Hall–Kier alpha value is -0.960. The summed E-state index contributed by atoms with van der Waals surface area (Å²) in [5.41, 5.74) is 6.66. The van der Waals surface area contributed by atoms with E-state index < -0.39 is 0 Å². The predicted octanol–water partition coefficient (Wildman–Crippen LogP) is 3.58. The smallest absolute Gasteiger partial charge is 0.153 e. The van der Waals surface area contributed by atoms with Crippen LogP contribution in [-0.2, 0) is 0 Å². The molecule has 1 heterocycles. The van der Waals surface area contributed by atoms with E-state index in [1.165, 1.54) is 12.8 Å². The molecule has 0 aliphatic rings. The van der Waals surface area contributed by atoms with Crippen LogP contribution in [-0.4, -0.2) is 18.1 Å². The van der Waals surface area contributed by atoms with Crippen molar-refractivity contribution < 1.29 is 0 Å². The molecule has 1 rings (SSSR count). The van der Waals surface area contributed by atoms with Crippen molar-refractivity contribution in [3.8, 4) is 0 Å². The minimum Gasteiger partial charge on any atom is -0.396 e. The summed E-state index contributed by atoms with van der Waals surface area (Å²) in [7, 11) is 0. The zero-order chi connectivity index (χ0) is 12.8. The van der Waals surface area contributed by atoms with Gasteiger partial charge in [-0.2, -0.15) is 0 Å². The molecule has 0 bridgehead atoms. The Balaban J connectivity index is 2.89. The number of rotatable bonds is 6. The van der Waals surface area contributed by atoms with Crippen molar-refractivity contribution in [3.05, 3.63) is 17.3 Å². The lowest BCUT2D eigenvalue weighted by atomic mass is 10.0. The second-order valence-corrected chi connectivity index (χ2v) is 4.66. The zero-order valence-electron chi connectivity index (χ0n) is 10.9. The third-order valence-corrected chi connectivity index (χ3v) is 3.40. The highest BCUT2D eigenvalue weighted by Crippen LogP contribution is 2.24. The van der Waals surface area contributed by atoms with Gasteiger partial charge >= 0.3 is 0 Å². The summed E-state index contributed by atoms with van der Waals surface area (Å²) >= 11 is 5.93. The van der Waals surface area contributed by atoms with Gasteiger partial charge in [0.1, 0.15) is 5.15 Å². The van der Waals surface area contributed by atoms with E-state index in [4.69, 9.17) is 17.3 Å². The number of nitrogens with two attached hydrogens (primary N) is 1. The second kappa shape index (κ2) is 6.70. The molecule has 1 aromatic heterocycles. The van der Waals surface area contributed by atoms with Crippen LogP contribution in [0.15, 0.2) is 12.1 Å². The highest BCUT2D eigenvalue weighted by Gasteiger charge is 2.14. The van der Waals surface area contributed by atoms with E-state index in [9.17, 15) is 0 Å². The molecule has 0 saturated carbocycles. The maximum atomic E-state index is 5.96. The van der Waals surface area contributed by atoms with Gasteiger partial charge in [0.2, 0.25) is 0 Å². The van der Waals surface area contributed by atoms with Gasteiger partial charge in [0.15, 0.2) is 5.82 Å². The second-order valence-electron chi connectivity index (χ2n) is 4.27. The van der Waals surface area contributed by atoms with Gasteiger partial charge in [-0.05, 0) is 25.0 Å². The molecule has 4 heteroatoms. The van der Waals surface area contributed by atoms with Crippen LogP contribution < -0.4 is 10.6 Å². The first-order valence-electron chi connectivity index (χ1n) is 6.29. The topological polar surface area (TPSA) is 42.2 Å². The molecular weight excluding hydrogens is 234 g/mol. The molecule has 17 heavy (non-hydrogen) atoms. The lowest BCUT2D eigenvalue weighted by Gasteiger charge is -2.27. The summed E-state index contributed by atoms with van der Waals surface area (Å²) in [5.74, 6) is 1.49. The fourth-order valence-electron chi connectivity index (χ4n) is 1.91. The molecular formula is C13H22ClN3. The van der Waals surface area contributed by atoms with Crippen molar-refractivity contribution >= 4 is 23.1 Å². The van der Waals surface area contributed by atoms with E-state index in [-0.39, 0.29) is 0 Å². The van der Waals surface area contributed by atoms with Crippen LogP contribution in [0.2, 0.25) is 5.15 Å². The highest BCUT2D eigenvalue weighted by atomic mass is 35.5. The molecule has 0 atom stereocenters. The number of nitrogen functional groups attached to an aromatic ring is 1. The molecule has 0 unspecified atom stereocenters. The maximum Gasteiger partial charge on any atom is 0.153 e. The number of anilines is 2. The van der Waals surface area contributed by atoms with E-state index in [0.29, 0.717) is 16.8 Å². The van der Waals surface area contributed by atoms with Gasteiger partial charge in [-0.15, -0.1) is 0 Å². The molecule has 1 aromatic rings. The number of hydrogen-bond donors (Lipinski definition) is 1. The van der Waals surface area contributed by atoms with Crippen molar-refractivity contribution in [2.75, 3.05) is 23.7 Å². The summed E-state index contributed by atoms with van der Waals surface area (Å²) in [6.07, 6.45) is 2.35. The third-order valence-electron chi connectivity index (χ3n) is 3.19. The predicted molar refractivity (Wildman–Crippen MR) is 75.6 cm³/mol. The van der Waals surface area contributed by atoms with Gasteiger partial charge < -0.3 is 10.6 Å². The van der Waals surface area contributed by atoms with Crippen LogP contribution in [0.5, 0.6) is 0 Å². The molecule has 96 valence electrons. The van der Waals surface area contributed by atoms with Gasteiger partial charge in [-0.1, -0.05) is 38.3 Å². The van der Waals surface area contributed by atoms with Gasteiger partial charge in [-0.25, -0.2) is 4.98 Å². The van der Waals surface area contributed by atoms with Crippen LogP contribution >= 0.6 is 11.6 Å². The number of pyridine rings is 1. The Labute approximate surface area is 109 Å². The molecule has 0 radical (unpaired) electrons. The average molecular weight is 256 g/mol. The molecule has 0 aliphatic heterocycles. The minimum absolute atomic E-state index is 0.497. The van der Waals surface area contributed by atoms with E-state index in [1.807, 2.05) is 6.07 Å². The Morgan fingerprint density at radius 2 is 1.94 bits per heavy atom. The number of halogens is 1. The summed E-state index contributed by atoms with van der Waals surface area (Å²) in [5, 5.41) is 0.497. The lowest BCUT2D eigenvalue weighted by Crippen LogP contribution is -2.30. The van der Waals surface area contributed by atoms with Crippen molar-refractivity contribution in [2.24, 2.45) is 5.92 Å². The van der Waals surface area contributed by atoms with E-state index in [1.54, 1.807) is 6.07 Å². The standard InChI is InChI=1S/C13H22ClN3/c1-4-10(5-2)9-17(6-3)13-11(15)7-8-12(14)16-13/h7-8,10H,4-6,9,15H2,1-3H3. The van der Waals surface area contributed by atoms with Crippen molar-refractivity contribution in [2.45, 2.75) is 33.6 Å². The first-order chi connectivity index (χ1) is 8.12. The fraction of sp³-hybridized carbons (Fsp3) is 0.615. The van der Waals surface area contributed by atoms with Crippen molar-refractivity contribution in [3.63, 3.8) is 0 Å². The number of aromatic nitrogens is 1. The van der Waals surface area contributed by atoms with E-state index >= 15 is 0 Å². The van der Waals surface area contributed by atoms with Gasteiger partial charge in [0.25, 0.3) is 0 Å². The van der Waals surface area contributed by atoms with E-state index in [2.05, 4.69) is 30.7 Å². The minimum atomic E-state index is 0.497. The molecule has 0 fully saturated rings.